The van der Waals surface area contributed by atoms with Gasteiger partial charge in [0.05, 0.1) is 7.11 Å². The summed E-state index contributed by atoms with van der Waals surface area (Å²) in [6.07, 6.45) is 3.49. The molecule has 0 aromatic heterocycles. The van der Waals surface area contributed by atoms with E-state index in [0.717, 1.165) is 28.6 Å². The molecule has 1 amide bonds. The first-order chi connectivity index (χ1) is 8.19. The number of carbonyl (C=O) groups is 1. The first-order valence-electron chi connectivity index (χ1n) is 5.81. The third kappa shape index (κ3) is 3.73. The summed E-state index contributed by atoms with van der Waals surface area (Å²) in [4.78, 5) is 11.6. The van der Waals surface area contributed by atoms with Crippen molar-refractivity contribution >= 4 is 21.8 Å². The lowest BCUT2D eigenvalue weighted by molar-refractivity contribution is -0.121. The number of halogens is 1. The maximum atomic E-state index is 11.6. The van der Waals surface area contributed by atoms with Crippen molar-refractivity contribution < 1.29 is 9.53 Å². The zero-order chi connectivity index (χ0) is 12.3. The molecule has 0 radical (unpaired) electrons. The molecule has 1 aromatic rings. The zero-order valence-corrected chi connectivity index (χ0v) is 11.4. The Morgan fingerprint density at radius 2 is 2.29 bits per heavy atom. The average molecular weight is 298 g/mol. The number of hydrogen-bond donors (Lipinski definition) is 1. The van der Waals surface area contributed by atoms with E-state index in [1.807, 2.05) is 18.2 Å². The van der Waals surface area contributed by atoms with Gasteiger partial charge in [0.1, 0.15) is 5.75 Å². The fourth-order valence-corrected chi connectivity index (χ4v) is 2.13. The number of amides is 1. The second-order valence-corrected chi connectivity index (χ2v) is 5.21. The number of nitrogens with one attached hydrogen (secondary N) is 1. The number of aryl methyl sites for hydroxylation is 1. The Bertz CT molecular complexity index is 416. The predicted molar refractivity (Wildman–Crippen MR) is 70.2 cm³/mol. The summed E-state index contributed by atoms with van der Waals surface area (Å²) in [5, 5.41) is 2.98. The normalized spacial score (nSPS) is 14.5. The third-order valence-electron chi connectivity index (χ3n) is 2.81. The van der Waals surface area contributed by atoms with Gasteiger partial charge in [0.15, 0.2) is 0 Å². The molecule has 0 saturated heterocycles. The molecule has 0 aliphatic heterocycles. The lowest BCUT2D eigenvalue weighted by Crippen LogP contribution is -2.25. The van der Waals surface area contributed by atoms with Crippen LogP contribution in [0.3, 0.4) is 0 Å². The standard InChI is InChI=1S/C13H16BrNO2/c1-17-12-6-3-10(14)8-9(12)2-7-13(16)15-11-4-5-11/h3,6,8,11H,2,4-5,7H2,1H3,(H,15,16). The van der Waals surface area contributed by atoms with Gasteiger partial charge in [0.25, 0.3) is 0 Å². The summed E-state index contributed by atoms with van der Waals surface area (Å²) >= 11 is 3.43. The highest BCUT2D eigenvalue weighted by molar-refractivity contribution is 9.10. The molecular weight excluding hydrogens is 282 g/mol. The molecule has 0 bridgehead atoms. The molecule has 0 unspecified atom stereocenters. The molecule has 17 heavy (non-hydrogen) atoms. The fourth-order valence-electron chi connectivity index (χ4n) is 1.72. The van der Waals surface area contributed by atoms with Crippen molar-refractivity contribution in [2.75, 3.05) is 7.11 Å². The second-order valence-electron chi connectivity index (χ2n) is 4.30. The van der Waals surface area contributed by atoms with Crippen LogP contribution in [0.2, 0.25) is 0 Å². The number of hydrogen-bond acceptors (Lipinski definition) is 2. The minimum atomic E-state index is 0.134. The Kier molecular flexibility index (Phi) is 4.05. The lowest BCUT2D eigenvalue weighted by Gasteiger charge is -2.09. The molecule has 1 saturated carbocycles. The van der Waals surface area contributed by atoms with E-state index >= 15 is 0 Å². The van der Waals surface area contributed by atoms with Gasteiger partial charge in [0.2, 0.25) is 5.91 Å². The van der Waals surface area contributed by atoms with Gasteiger partial charge in [-0.3, -0.25) is 4.79 Å². The molecule has 1 aliphatic carbocycles. The Morgan fingerprint density at radius 3 is 2.94 bits per heavy atom. The van der Waals surface area contributed by atoms with Gasteiger partial charge < -0.3 is 10.1 Å². The van der Waals surface area contributed by atoms with Crippen LogP contribution in [-0.4, -0.2) is 19.1 Å². The highest BCUT2D eigenvalue weighted by Gasteiger charge is 2.22. The van der Waals surface area contributed by atoms with Gasteiger partial charge in [-0.1, -0.05) is 15.9 Å². The van der Waals surface area contributed by atoms with E-state index in [9.17, 15) is 4.79 Å². The number of ether oxygens (including phenoxy) is 1. The van der Waals surface area contributed by atoms with Crippen molar-refractivity contribution in [3.05, 3.63) is 28.2 Å². The SMILES string of the molecule is COc1ccc(Br)cc1CCC(=O)NC1CC1. The van der Waals surface area contributed by atoms with E-state index in [1.54, 1.807) is 7.11 Å². The molecular formula is C13H16BrNO2. The molecule has 2 rings (SSSR count). The van der Waals surface area contributed by atoms with Gasteiger partial charge in [-0.25, -0.2) is 0 Å². The van der Waals surface area contributed by atoms with Crippen molar-refractivity contribution in [1.29, 1.82) is 0 Å². The Balaban J connectivity index is 1.92. The van der Waals surface area contributed by atoms with E-state index in [0.29, 0.717) is 18.9 Å². The molecule has 0 atom stereocenters. The fraction of sp³-hybridized carbons (Fsp3) is 0.462. The van der Waals surface area contributed by atoms with E-state index in [2.05, 4.69) is 21.2 Å². The van der Waals surface area contributed by atoms with Crippen LogP contribution < -0.4 is 10.1 Å². The van der Waals surface area contributed by atoms with E-state index in [1.165, 1.54) is 0 Å². The first-order valence-corrected chi connectivity index (χ1v) is 6.60. The van der Waals surface area contributed by atoms with Crippen LogP contribution >= 0.6 is 15.9 Å². The monoisotopic (exact) mass is 297 g/mol. The quantitative estimate of drug-likeness (QED) is 0.907. The predicted octanol–water partition coefficient (Wildman–Crippen LogP) is 2.67. The maximum Gasteiger partial charge on any atom is 0.220 e. The summed E-state index contributed by atoms with van der Waals surface area (Å²) in [6.45, 7) is 0. The van der Waals surface area contributed by atoms with Crippen LogP contribution in [0.1, 0.15) is 24.8 Å². The minimum Gasteiger partial charge on any atom is -0.496 e. The smallest absolute Gasteiger partial charge is 0.220 e. The van der Waals surface area contributed by atoms with Crippen LogP contribution in [0.5, 0.6) is 5.75 Å². The number of benzene rings is 1. The topological polar surface area (TPSA) is 38.3 Å². The zero-order valence-electron chi connectivity index (χ0n) is 9.83. The van der Waals surface area contributed by atoms with Crippen molar-refractivity contribution in [3.63, 3.8) is 0 Å². The van der Waals surface area contributed by atoms with Crippen molar-refractivity contribution in [3.8, 4) is 5.75 Å². The van der Waals surface area contributed by atoms with Crippen LogP contribution in [0.4, 0.5) is 0 Å². The van der Waals surface area contributed by atoms with E-state index in [4.69, 9.17) is 4.74 Å². The van der Waals surface area contributed by atoms with Gasteiger partial charge in [-0.05, 0) is 43.0 Å². The molecule has 4 heteroatoms. The van der Waals surface area contributed by atoms with Gasteiger partial charge in [0, 0.05) is 16.9 Å². The van der Waals surface area contributed by atoms with Crippen molar-refractivity contribution in [1.82, 2.24) is 5.32 Å². The number of carbonyl (C=O) groups excluding carboxylic acids is 1. The van der Waals surface area contributed by atoms with Crippen LogP contribution in [0.25, 0.3) is 0 Å². The van der Waals surface area contributed by atoms with Crippen LogP contribution in [-0.2, 0) is 11.2 Å². The molecule has 92 valence electrons. The molecule has 1 N–H and O–H groups in total. The molecule has 0 spiro atoms. The molecule has 1 fully saturated rings. The summed E-state index contributed by atoms with van der Waals surface area (Å²) in [5.74, 6) is 0.974. The average Bonchev–Trinajstić information content (AvgIpc) is 3.10. The Labute approximate surface area is 110 Å². The number of methoxy groups -OCH3 is 1. The highest BCUT2D eigenvalue weighted by Crippen LogP contribution is 2.24. The molecule has 0 heterocycles. The summed E-state index contributed by atoms with van der Waals surface area (Å²) in [7, 11) is 1.65. The minimum absolute atomic E-state index is 0.134. The second kappa shape index (κ2) is 5.54. The largest absolute Gasteiger partial charge is 0.496 e. The Hall–Kier alpha value is -1.03. The van der Waals surface area contributed by atoms with Crippen molar-refractivity contribution in [2.45, 2.75) is 31.7 Å². The summed E-state index contributed by atoms with van der Waals surface area (Å²) in [5.41, 5.74) is 1.06. The van der Waals surface area contributed by atoms with Gasteiger partial charge in [-0.15, -0.1) is 0 Å². The molecule has 3 nitrogen and oxygen atoms in total. The lowest BCUT2D eigenvalue weighted by atomic mass is 10.1. The molecule has 1 aromatic carbocycles. The Morgan fingerprint density at radius 1 is 1.53 bits per heavy atom. The first kappa shape index (κ1) is 12.4. The van der Waals surface area contributed by atoms with Gasteiger partial charge in [-0.2, -0.15) is 0 Å². The summed E-state index contributed by atoms with van der Waals surface area (Å²) < 4.78 is 6.28. The van der Waals surface area contributed by atoms with Crippen LogP contribution in [0, 0.1) is 0 Å². The van der Waals surface area contributed by atoms with E-state index < -0.39 is 0 Å². The highest BCUT2D eigenvalue weighted by atomic mass is 79.9. The summed E-state index contributed by atoms with van der Waals surface area (Å²) in [6, 6.07) is 6.29. The number of rotatable bonds is 5. The van der Waals surface area contributed by atoms with E-state index in [-0.39, 0.29) is 5.91 Å². The third-order valence-corrected chi connectivity index (χ3v) is 3.30. The van der Waals surface area contributed by atoms with Gasteiger partial charge >= 0.3 is 0 Å². The molecule has 1 aliphatic rings. The van der Waals surface area contributed by atoms with Crippen LogP contribution in [0.15, 0.2) is 22.7 Å². The van der Waals surface area contributed by atoms with Crippen molar-refractivity contribution in [2.24, 2.45) is 0 Å². The maximum absolute atomic E-state index is 11.6.